The summed E-state index contributed by atoms with van der Waals surface area (Å²) in [7, 11) is -4.57. The minimum atomic E-state index is -3.75. The van der Waals surface area contributed by atoms with E-state index in [0.717, 1.165) is 19.3 Å². The lowest BCUT2D eigenvalue weighted by Crippen LogP contribution is -2.47. The molecule has 2 heterocycles. The lowest BCUT2D eigenvalue weighted by molar-refractivity contribution is -0.117. The second kappa shape index (κ2) is 9.82. The summed E-state index contributed by atoms with van der Waals surface area (Å²) in [5.74, 6) is 1.41. The second-order valence-corrected chi connectivity index (χ2v) is 10.8. The van der Waals surface area contributed by atoms with Crippen LogP contribution in [0.5, 0.6) is 0 Å². The number of nitrogens with one attached hydrogen (secondary N) is 2. The molecule has 2 atom stereocenters. The Labute approximate surface area is 174 Å². The van der Waals surface area contributed by atoms with Crippen LogP contribution in [0.2, 0.25) is 0 Å². The molecule has 1 amide bonds. The van der Waals surface area contributed by atoms with Gasteiger partial charge in [-0.1, -0.05) is 12.5 Å². The number of hydrogen-bond donors (Lipinski definition) is 2. The van der Waals surface area contributed by atoms with Crippen molar-refractivity contribution in [3.8, 4) is 0 Å². The molecule has 2 aliphatic rings. The average Bonchev–Trinajstić information content (AvgIpc) is 2.92. The van der Waals surface area contributed by atoms with Gasteiger partial charge >= 0.3 is 0 Å². The van der Waals surface area contributed by atoms with Crippen LogP contribution in [-0.4, -0.2) is 66.5 Å². The number of carbonyl (C=O) groups excluding carboxylic acids is 1. The number of anilines is 1. The van der Waals surface area contributed by atoms with Crippen LogP contribution in [0.1, 0.15) is 32.6 Å². The fourth-order valence-electron chi connectivity index (χ4n) is 3.43. The third kappa shape index (κ3) is 6.35. The van der Waals surface area contributed by atoms with Gasteiger partial charge in [-0.25, -0.2) is 8.42 Å². The van der Waals surface area contributed by atoms with Crippen molar-refractivity contribution in [3.05, 3.63) is 24.3 Å². The highest BCUT2D eigenvalue weighted by molar-refractivity contribution is 7.90. The maximum atomic E-state index is 12.7. The summed E-state index contributed by atoms with van der Waals surface area (Å²) in [5, 5.41) is 2.77. The molecule has 0 unspecified atom stereocenters. The lowest BCUT2D eigenvalue weighted by Gasteiger charge is -2.32. The van der Waals surface area contributed by atoms with Gasteiger partial charge in [0.25, 0.3) is 10.0 Å². The Balaban J connectivity index is 1.63. The second-order valence-electron chi connectivity index (χ2n) is 7.45. The average molecular weight is 441 g/mol. The molecule has 0 aliphatic carbocycles. The molecule has 1 aromatic carbocycles. The van der Waals surface area contributed by atoms with Gasteiger partial charge in [0, 0.05) is 53.5 Å². The number of carbonyl (C=O) groups is 1. The van der Waals surface area contributed by atoms with Gasteiger partial charge in [0.2, 0.25) is 5.91 Å². The van der Waals surface area contributed by atoms with E-state index < -0.39 is 20.8 Å². The van der Waals surface area contributed by atoms with Crippen LogP contribution in [0, 0.1) is 0 Å². The van der Waals surface area contributed by atoms with Gasteiger partial charge in [-0.3, -0.25) is 23.6 Å². The van der Waals surface area contributed by atoms with Crippen LogP contribution in [-0.2, 0) is 25.6 Å². The SMILES string of the molecule is C[C@H]1C[S@](=O)CCN1CC(=O)Nc1cccc(S(=O)(=O)NC2=NCCCCC2)c1. The van der Waals surface area contributed by atoms with Crippen LogP contribution >= 0.6 is 0 Å². The summed E-state index contributed by atoms with van der Waals surface area (Å²) in [4.78, 5) is 18.8. The van der Waals surface area contributed by atoms with E-state index in [4.69, 9.17) is 0 Å². The van der Waals surface area contributed by atoms with E-state index in [-0.39, 0.29) is 23.4 Å². The predicted octanol–water partition coefficient (Wildman–Crippen LogP) is 1.33. The highest BCUT2D eigenvalue weighted by Gasteiger charge is 2.24. The molecule has 0 aromatic heterocycles. The van der Waals surface area contributed by atoms with Crippen molar-refractivity contribution >= 4 is 38.3 Å². The van der Waals surface area contributed by atoms with Crippen molar-refractivity contribution in [1.29, 1.82) is 0 Å². The van der Waals surface area contributed by atoms with Crippen molar-refractivity contribution in [2.75, 3.05) is 36.5 Å². The summed E-state index contributed by atoms with van der Waals surface area (Å²) < 4.78 is 39.6. The summed E-state index contributed by atoms with van der Waals surface area (Å²) in [6, 6.07) is 6.29. The molecule has 160 valence electrons. The first kappa shape index (κ1) is 21.9. The van der Waals surface area contributed by atoms with E-state index in [1.54, 1.807) is 12.1 Å². The molecule has 2 N–H and O–H groups in total. The van der Waals surface area contributed by atoms with Gasteiger partial charge < -0.3 is 5.32 Å². The molecule has 0 spiro atoms. The molecule has 0 saturated carbocycles. The van der Waals surface area contributed by atoms with Crippen LogP contribution in [0.4, 0.5) is 5.69 Å². The van der Waals surface area contributed by atoms with E-state index in [1.807, 2.05) is 11.8 Å². The van der Waals surface area contributed by atoms with E-state index in [0.29, 0.717) is 42.5 Å². The number of aliphatic imine (C=N–C) groups is 1. The highest BCUT2D eigenvalue weighted by Crippen LogP contribution is 2.17. The third-order valence-electron chi connectivity index (χ3n) is 5.06. The van der Waals surface area contributed by atoms with E-state index >= 15 is 0 Å². The summed E-state index contributed by atoms with van der Waals surface area (Å²) in [5.41, 5.74) is 0.425. The maximum absolute atomic E-state index is 12.7. The van der Waals surface area contributed by atoms with Crippen molar-refractivity contribution < 1.29 is 17.4 Å². The van der Waals surface area contributed by atoms with Gasteiger partial charge in [0.15, 0.2) is 0 Å². The van der Waals surface area contributed by atoms with Gasteiger partial charge in [0.05, 0.1) is 11.4 Å². The number of amidine groups is 1. The fraction of sp³-hybridized carbons (Fsp3) is 0.579. The summed E-state index contributed by atoms with van der Waals surface area (Å²) >= 11 is 0. The smallest absolute Gasteiger partial charge is 0.262 e. The number of rotatable bonds is 5. The molecule has 3 rings (SSSR count). The van der Waals surface area contributed by atoms with Gasteiger partial charge in [-0.2, -0.15) is 0 Å². The Bertz CT molecular complexity index is 901. The predicted molar refractivity (Wildman–Crippen MR) is 115 cm³/mol. The third-order valence-corrected chi connectivity index (χ3v) is 7.93. The Morgan fingerprint density at radius 1 is 1.31 bits per heavy atom. The first-order valence-electron chi connectivity index (χ1n) is 9.88. The minimum absolute atomic E-state index is 0.0756. The van der Waals surface area contributed by atoms with Crippen molar-refractivity contribution in [3.63, 3.8) is 0 Å². The van der Waals surface area contributed by atoms with Crippen molar-refractivity contribution in [2.24, 2.45) is 4.99 Å². The Morgan fingerprint density at radius 2 is 2.14 bits per heavy atom. The fourth-order valence-corrected chi connectivity index (χ4v) is 5.92. The van der Waals surface area contributed by atoms with Gasteiger partial charge in [-0.05, 0) is 38.0 Å². The van der Waals surface area contributed by atoms with Crippen molar-refractivity contribution in [1.82, 2.24) is 9.62 Å². The first-order chi connectivity index (χ1) is 13.8. The minimum Gasteiger partial charge on any atom is -0.325 e. The molecule has 8 nitrogen and oxygen atoms in total. The molecular formula is C19H28N4O4S2. The van der Waals surface area contributed by atoms with E-state index in [2.05, 4.69) is 15.0 Å². The molecule has 2 aliphatic heterocycles. The van der Waals surface area contributed by atoms with Crippen molar-refractivity contribution in [2.45, 2.75) is 43.5 Å². The normalized spacial score (nSPS) is 23.7. The summed E-state index contributed by atoms with van der Waals surface area (Å²) in [6.07, 6.45) is 3.55. The Kier molecular flexibility index (Phi) is 7.42. The molecule has 0 radical (unpaired) electrons. The van der Waals surface area contributed by atoms with E-state index in [9.17, 15) is 17.4 Å². The molecule has 0 bridgehead atoms. The van der Waals surface area contributed by atoms with Crippen LogP contribution in [0.25, 0.3) is 0 Å². The standard InChI is InChI=1S/C19H28N4O4S2/c1-15-14-28(25)11-10-23(15)13-19(24)21-16-6-5-7-17(12-16)29(26,27)22-18-8-3-2-4-9-20-18/h5-7,12,15H,2-4,8-11,13-14H2,1H3,(H,20,22)(H,21,24)/t15-,28+/m0/s1. The number of benzene rings is 1. The molecule has 1 aromatic rings. The Morgan fingerprint density at radius 3 is 2.93 bits per heavy atom. The van der Waals surface area contributed by atoms with Crippen LogP contribution < -0.4 is 10.0 Å². The largest absolute Gasteiger partial charge is 0.325 e. The topological polar surface area (TPSA) is 108 Å². The highest BCUT2D eigenvalue weighted by atomic mass is 32.2. The molecule has 1 saturated heterocycles. The zero-order chi connectivity index (χ0) is 20.9. The summed E-state index contributed by atoms with van der Waals surface area (Å²) in [6.45, 7) is 3.39. The zero-order valence-corrected chi connectivity index (χ0v) is 18.2. The lowest BCUT2D eigenvalue weighted by atomic mass is 10.2. The number of sulfonamides is 1. The molecule has 1 fully saturated rings. The van der Waals surface area contributed by atoms with Gasteiger partial charge in [-0.15, -0.1) is 0 Å². The number of amides is 1. The monoisotopic (exact) mass is 440 g/mol. The molecular weight excluding hydrogens is 412 g/mol. The maximum Gasteiger partial charge on any atom is 0.262 e. The zero-order valence-electron chi connectivity index (χ0n) is 16.6. The number of hydrogen-bond acceptors (Lipinski definition) is 6. The van der Waals surface area contributed by atoms with Gasteiger partial charge in [0.1, 0.15) is 5.84 Å². The quantitative estimate of drug-likeness (QED) is 0.718. The van der Waals surface area contributed by atoms with E-state index in [1.165, 1.54) is 12.1 Å². The molecule has 10 heteroatoms. The Hall–Kier alpha value is -1.78. The molecule has 29 heavy (non-hydrogen) atoms. The first-order valence-corrected chi connectivity index (χ1v) is 12.9. The van der Waals surface area contributed by atoms with Crippen LogP contribution in [0.3, 0.4) is 0 Å². The number of nitrogens with zero attached hydrogens (tertiary/aromatic N) is 2. The van der Waals surface area contributed by atoms with Crippen LogP contribution in [0.15, 0.2) is 34.2 Å².